The van der Waals surface area contributed by atoms with E-state index in [4.69, 9.17) is 4.74 Å². The number of allylic oxidation sites excluding steroid dienone is 4. The van der Waals surface area contributed by atoms with Gasteiger partial charge in [-0.15, -0.1) is 0 Å². The second-order valence-corrected chi connectivity index (χ2v) is 15.6. The van der Waals surface area contributed by atoms with Gasteiger partial charge in [-0.1, -0.05) is 84.9 Å². The molecule has 2 aromatic rings. The fourth-order valence-corrected chi connectivity index (χ4v) is 6.36. The first-order valence-electron chi connectivity index (χ1n) is 17.7. The van der Waals surface area contributed by atoms with Crippen molar-refractivity contribution in [3.63, 3.8) is 0 Å². The number of ketones is 2. The topological polar surface area (TPSA) is 49.9 Å². The van der Waals surface area contributed by atoms with E-state index in [1.54, 1.807) is 12.2 Å². The van der Waals surface area contributed by atoms with Crippen LogP contribution in [-0.2, 0) is 15.8 Å². The van der Waals surface area contributed by atoms with Gasteiger partial charge in [-0.05, 0) is 89.5 Å². The maximum absolute atomic E-state index is 13.2. The number of nitrogens with zero attached hydrogens (tertiary/aromatic N) is 2. The molecule has 0 aliphatic carbocycles. The van der Waals surface area contributed by atoms with Gasteiger partial charge in [0.15, 0.2) is 11.6 Å². The Hall–Kier alpha value is -4.07. The summed E-state index contributed by atoms with van der Waals surface area (Å²) in [5.41, 5.74) is 1.85. The van der Waals surface area contributed by atoms with Crippen LogP contribution in [0.4, 0.5) is 13.2 Å². The lowest BCUT2D eigenvalue weighted by atomic mass is 9.77. The first kappa shape index (κ1) is 38.7. The highest BCUT2D eigenvalue weighted by Gasteiger charge is 2.33. The molecule has 0 amide bonds. The minimum Gasteiger partial charge on any atom is -0.494 e. The van der Waals surface area contributed by atoms with Gasteiger partial charge in [0.25, 0.3) is 0 Å². The summed E-state index contributed by atoms with van der Waals surface area (Å²) in [5, 5.41) is 0. The van der Waals surface area contributed by atoms with Crippen molar-refractivity contribution in [3.05, 3.63) is 101 Å². The van der Waals surface area contributed by atoms with E-state index < -0.39 is 11.7 Å². The second-order valence-electron chi connectivity index (χ2n) is 15.6. The monoisotopic (exact) mass is 690 g/mol. The van der Waals surface area contributed by atoms with Gasteiger partial charge >= 0.3 is 6.18 Å². The van der Waals surface area contributed by atoms with Crippen LogP contribution >= 0.6 is 0 Å². The molecule has 0 saturated carbocycles. The maximum Gasteiger partial charge on any atom is 0.416 e. The van der Waals surface area contributed by atoms with E-state index in [0.29, 0.717) is 29.6 Å². The molecular weight excluding hydrogens is 637 g/mol. The summed E-state index contributed by atoms with van der Waals surface area (Å²) >= 11 is 0. The third-order valence-corrected chi connectivity index (χ3v) is 9.66. The standard InChI is InChI=1S/C42H53F3N2O3/c1-30(2)26-46-23-21-40(4,5)36(28-46)38(48)19-13-33-10-16-35(17-11-33)50-25-20-31(3)27-47-24-22-41(6,7)37(29-47)39(49)18-12-32-8-14-34(15-9-32)42(43,44)45/h8-19,28-31H,20-27H2,1-7H3/b18-12+,19-13+. The van der Waals surface area contributed by atoms with Gasteiger partial charge in [0.2, 0.25) is 0 Å². The van der Waals surface area contributed by atoms with E-state index in [2.05, 4.69) is 50.6 Å². The minimum absolute atomic E-state index is 0.0518. The number of halogens is 3. The normalized spacial score (nSPS) is 18.4. The molecule has 0 fully saturated rings. The zero-order valence-electron chi connectivity index (χ0n) is 30.6. The molecule has 0 radical (unpaired) electrons. The molecule has 2 aromatic carbocycles. The average Bonchev–Trinajstić information content (AvgIpc) is 3.04. The number of rotatable bonds is 14. The zero-order chi connectivity index (χ0) is 36.7. The molecule has 5 nitrogen and oxygen atoms in total. The van der Waals surface area contributed by atoms with E-state index in [0.717, 1.165) is 74.5 Å². The molecule has 1 unspecified atom stereocenters. The predicted molar refractivity (Wildman–Crippen MR) is 196 cm³/mol. The fourth-order valence-electron chi connectivity index (χ4n) is 6.36. The molecule has 0 bridgehead atoms. The van der Waals surface area contributed by atoms with Crippen molar-refractivity contribution in [1.82, 2.24) is 9.80 Å². The summed E-state index contributed by atoms with van der Waals surface area (Å²) in [4.78, 5) is 30.8. The Kier molecular flexibility index (Phi) is 12.6. The van der Waals surface area contributed by atoms with Gasteiger partial charge in [0.05, 0.1) is 12.2 Å². The SMILES string of the molecule is CC(C)CN1C=C(C(=O)/C=C/c2ccc(OCCC(C)CN3C=C(C(=O)/C=C/c4ccc(C(F)(F)F)cc4)C(C)(C)CC3)cc2)C(C)(C)CC1. The van der Waals surface area contributed by atoms with Crippen LogP contribution < -0.4 is 4.74 Å². The Balaban J connectivity index is 1.27. The molecule has 0 aromatic heterocycles. The van der Waals surface area contributed by atoms with Crippen LogP contribution in [0.25, 0.3) is 12.2 Å². The Bertz CT molecular complexity index is 1600. The zero-order valence-corrected chi connectivity index (χ0v) is 30.6. The van der Waals surface area contributed by atoms with Crippen LogP contribution in [0, 0.1) is 22.7 Å². The van der Waals surface area contributed by atoms with Crippen molar-refractivity contribution in [3.8, 4) is 5.75 Å². The van der Waals surface area contributed by atoms with Crippen LogP contribution in [0.5, 0.6) is 5.75 Å². The lowest BCUT2D eigenvalue weighted by Crippen LogP contribution is -2.36. The maximum atomic E-state index is 13.2. The van der Waals surface area contributed by atoms with Crippen LogP contribution in [0.15, 0.2) is 84.2 Å². The third kappa shape index (κ3) is 11.0. The Morgan fingerprint density at radius 1 is 0.760 bits per heavy atom. The first-order chi connectivity index (χ1) is 23.4. The summed E-state index contributed by atoms with van der Waals surface area (Å²) in [5.74, 6) is 1.54. The van der Waals surface area contributed by atoms with E-state index >= 15 is 0 Å². The van der Waals surface area contributed by atoms with Gasteiger partial charge in [0.1, 0.15) is 5.75 Å². The molecule has 4 rings (SSSR count). The van der Waals surface area contributed by atoms with E-state index in [1.807, 2.05) is 50.4 Å². The molecule has 0 N–H and O–H groups in total. The summed E-state index contributed by atoms with van der Waals surface area (Å²) in [7, 11) is 0. The van der Waals surface area contributed by atoms with Gasteiger partial charge < -0.3 is 14.5 Å². The molecule has 8 heteroatoms. The first-order valence-corrected chi connectivity index (χ1v) is 17.7. The Morgan fingerprint density at radius 2 is 1.22 bits per heavy atom. The van der Waals surface area contributed by atoms with Crippen molar-refractivity contribution in [2.45, 2.75) is 73.9 Å². The number of benzene rings is 2. The molecule has 1 atom stereocenters. The van der Waals surface area contributed by atoms with E-state index in [-0.39, 0.29) is 22.4 Å². The molecule has 50 heavy (non-hydrogen) atoms. The summed E-state index contributed by atoms with van der Waals surface area (Å²) in [6, 6.07) is 12.6. The molecular formula is C42H53F3N2O3. The summed E-state index contributed by atoms with van der Waals surface area (Å²) in [6.45, 7) is 19.0. The van der Waals surface area contributed by atoms with E-state index in [1.165, 1.54) is 18.2 Å². The summed E-state index contributed by atoms with van der Waals surface area (Å²) in [6.07, 6.45) is 8.78. The Labute approximate surface area is 296 Å². The summed E-state index contributed by atoms with van der Waals surface area (Å²) < 4.78 is 44.7. The molecule has 0 saturated heterocycles. The highest BCUT2D eigenvalue weighted by molar-refractivity contribution is 6.07. The van der Waals surface area contributed by atoms with Crippen LogP contribution in [0.3, 0.4) is 0 Å². The molecule has 2 aliphatic rings. The minimum atomic E-state index is -4.39. The molecule has 2 aliphatic heterocycles. The van der Waals surface area contributed by atoms with Gasteiger partial charge in [0, 0.05) is 49.7 Å². The Morgan fingerprint density at radius 3 is 1.68 bits per heavy atom. The van der Waals surface area contributed by atoms with Crippen LogP contribution in [0.1, 0.15) is 84.4 Å². The van der Waals surface area contributed by atoms with Crippen molar-refractivity contribution in [1.29, 1.82) is 0 Å². The lowest BCUT2D eigenvalue weighted by Gasteiger charge is -2.37. The van der Waals surface area contributed by atoms with Crippen molar-refractivity contribution < 1.29 is 27.5 Å². The quantitative estimate of drug-likeness (QED) is 0.185. The third-order valence-electron chi connectivity index (χ3n) is 9.66. The number of hydrogen-bond acceptors (Lipinski definition) is 5. The van der Waals surface area contributed by atoms with Gasteiger partial charge in [-0.3, -0.25) is 9.59 Å². The lowest BCUT2D eigenvalue weighted by molar-refractivity contribution is -0.137. The van der Waals surface area contributed by atoms with Gasteiger partial charge in [-0.25, -0.2) is 0 Å². The van der Waals surface area contributed by atoms with E-state index in [9.17, 15) is 22.8 Å². The van der Waals surface area contributed by atoms with Crippen molar-refractivity contribution in [2.24, 2.45) is 22.7 Å². The highest BCUT2D eigenvalue weighted by Crippen LogP contribution is 2.37. The molecule has 270 valence electrons. The number of ether oxygens (including phenoxy) is 1. The second kappa shape index (κ2) is 16.3. The smallest absolute Gasteiger partial charge is 0.416 e. The number of hydrogen-bond donors (Lipinski definition) is 0. The molecule has 2 heterocycles. The largest absolute Gasteiger partial charge is 0.494 e. The number of carbonyl (C=O) groups is 2. The highest BCUT2D eigenvalue weighted by atomic mass is 19.4. The molecule has 0 spiro atoms. The van der Waals surface area contributed by atoms with Crippen LogP contribution in [-0.4, -0.2) is 54.2 Å². The number of alkyl halides is 3. The number of carbonyl (C=O) groups excluding carboxylic acids is 2. The van der Waals surface area contributed by atoms with Crippen molar-refractivity contribution >= 4 is 23.7 Å². The average molecular weight is 691 g/mol. The fraction of sp³-hybridized carbons (Fsp3) is 0.476. The predicted octanol–water partition coefficient (Wildman–Crippen LogP) is 9.86. The van der Waals surface area contributed by atoms with Crippen LogP contribution in [0.2, 0.25) is 0 Å². The van der Waals surface area contributed by atoms with Crippen molar-refractivity contribution in [2.75, 3.05) is 32.8 Å². The van der Waals surface area contributed by atoms with Gasteiger partial charge in [-0.2, -0.15) is 13.2 Å².